The summed E-state index contributed by atoms with van der Waals surface area (Å²) in [7, 11) is -3.42. The average molecular weight is 331 g/mol. The second kappa shape index (κ2) is 7.22. The summed E-state index contributed by atoms with van der Waals surface area (Å²) in [5.74, 6) is 0.421. The van der Waals surface area contributed by atoms with Gasteiger partial charge in [0.1, 0.15) is 4.90 Å². The highest BCUT2D eigenvalue weighted by Crippen LogP contribution is 2.29. The predicted molar refractivity (Wildman–Crippen MR) is 88.2 cm³/mol. The molecule has 21 heavy (non-hydrogen) atoms. The normalized spacial score (nSPS) is 23.4. The van der Waals surface area contributed by atoms with E-state index in [4.69, 9.17) is 0 Å². The van der Waals surface area contributed by atoms with Crippen molar-refractivity contribution >= 4 is 21.4 Å². The minimum Gasteiger partial charge on any atom is -0.312 e. The van der Waals surface area contributed by atoms with Crippen LogP contribution in [0.5, 0.6) is 0 Å². The van der Waals surface area contributed by atoms with Gasteiger partial charge in [-0.3, -0.25) is 0 Å². The summed E-state index contributed by atoms with van der Waals surface area (Å²) in [6, 6.07) is 0.0787. The molecule has 1 aromatic rings. The fourth-order valence-electron chi connectivity index (χ4n) is 2.96. The highest BCUT2D eigenvalue weighted by atomic mass is 32.2. The number of hydrogen-bond donors (Lipinski definition) is 2. The van der Waals surface area contributed by atoms with Gasteiger partial charge in [-0.25, -0.2) is 13.1 Å². The highest BCUT2D eigenvalue weighted by Gasteiger charge is 2.29. The van der Waals surface area contributed by atoms with Gasteiger partial charge in [0, 0.05) is 17.5 Å². The van der Waals surface area contributed by atoms with Gasteiger partial charge in [0.25, 0.3) is 0 Å². The summed E-state index contributed by atoms with van der Waals surface area (Å²) in [5.41, 5.74) is 0.851. The van der Waals surface area contributed by atoms with Crippen LogP contribution in [0.3, 0.4) is 0 Å². The molecule has 1 aliphatic carbocycles. The zero-order valence-electron chi connectivity index (χ0n) is 13.1. The van der Waals surface area contributed by atoms with Gasteiger partial charge in [-0.05, 0) is 43.2 Å². The molecule has 2 N–H and O–H groups in total. The van der Waals surface area contributed by atoms with E-state index in [2.05, 4.69) is 17.0 Å². The van der Waals surface area contributed by atoms with Gasteiger partial charge in [0.05, 0.1) is 0 Å². The fraction of sp³-hybridized carbons (Fsp3) is 0.733. The molecule has 2 unspecified atom stereocenters. The summed E-state index contributed by atoms with van der Waals surface area (Å²) < 4.78 is 28.5. The summed E-state index contributed by atoms with van der Waals surface area (Å²) in [6.07, 6.45) is 4.39. The number of aryl methyl sites for hydroxylation is 1. The Balaban J connectivity index is 2.20. The van der Waals surface area contributed by atoms with Crippen molar-refractivity contribution in [3.8, 4) is 0 Å². The van der Waals surface area contributed by atoms with Crippen LogP contribution >= 0.6 is 11.3 Å². The first-order valence-electron chi connectivity index (χ1n) is 7.75. The average Bonchev–Trinajstić information content (AvgIpc) is 2.81. The molecule has 0 aliphatic heterocycles. The number of hydrogen-bond acceptors (Lipinski definition) is 4. The zero-order chi connectivity index (χ0) is 15.5. The van der Waals surface area contributed by atoms with Crippen LogP contribution in [0.25, 0.3) is 0 Å². The quantitative estimate of drug-likeness (QED) is 0.843. The Morgan fingerprint density at radius 2 is 2.05 bits per heavy atom. The molecule has 0 amide bonds. The first-order valence-corrected chi connectivity index (χ1v) is 10.1. The second-order valence-electron chi connectivity index (χ2n) is 5.94. The maximum absolute atomic E-state index is 12.8. The van der Waals surface area contributed by atoms with Gasteiger partial charge in [-0.1, -0.05) is 26.7 Å². The second-order valence-corrected chi connectivity index (χ2v) is 8.56. The van der Waals surface area contributed by atoms with Crippen LogP contribution in [0.15, 0.2) is 10.3 Å². The highest BCUT2D eigenvalue weighted by molar-refractivity contribution is 7.89. The van der Waals surface area contributed by atoms with Crippen LogP contribution in [0.2, 0.25) is 0 Å². The van der Waals surface area contributed by atoms with Crippen LogP contribution in [-0.4, -0.2) is 21.0 Å². The monoisotopic (exact) mass is 330 g/mol. The lowest BCUT2D eigenvalue weighted by molar-refractivity contribution is 0.310. The Bertz CT molecular complexity index is 566. The van der Waals surface area contributed by atoms with Crippen LogP contribution in [0.1, 0.15) is 50.0 Å². The van der Waals surface area contributed by atoms with Gasteiger partial charge in [-0.15, -0.1) is 11.3 Å². The molecule has 120 valence electrons. The molecule has 0 saturated heterocycles. The molecule has 0 bridgehead atoms. The molecule has 1 aromatic heterocycles. The van der Waals surface area contributed by atoms with Crippen molar-refractivity contribution in [2.24, 2.45) is 5.92 Å². The van der Waals surface area contributed by atoms with E-state index in [0.29, 0.717) is 17.4 Å². The molecule has 4 nitrogen and oxygen atoms in total. The maximum Gasteiger partial charge on any atom is 0.242 e. The van der Waals surface area contributed by atoms with Crippen molar-refractivity contribution in [3.63, 3.8) is 0 Å². The first-order chi connectivity index (χ1) is 9.95. The summed E-state index contributed by atoms with van der Waals surface area (Å²) in [6.45, 7) is 7.50. The SMILES string of the molecule is CCNCc1scc(C)c1S(=O)(=O)NC1CCCCC1C. The molecule has 0 radical (unpaired) electrons. The van der Waals surface area contributed by atoms with E-state index >= 15 is 0 Å². The molecular formula is C15H26N2O2S2. The van der Waals surface area contributed by atoms with Gasteiger partial charge in [0.2, 0.25) is 10.0 Å². The first kappa shape index (κ1) is 16.9. The molecule has 0 spiro atoms. The van der Waals surface area contributed by atoms with Crippen LogP contribution in [0.4, 0.5) is 0 Å². The minimum absolute atomic E-state index is 0.0787. The lowest BCUT2D eigenvalue weighted by Crippen LogP contribution is -2.41. The van der Waals surface area contributed by atoms with E-state index in [1.807, 2.05) is 19.2 Å². The third-order valence-electron chi connectivity index (χ3n) is 4.21. The van der Waals surface area contributed by atoms with E-state index in [0.717, 1.165) is 36.2 Å². The third kappa shape index (κ3) is 4.06. The molecule has 0 aromatic carbocycles. The largest absolute Gasteiger partial charge is 0.312 e. The predicted octanol–water partition coefficient (Wildman–Crippen LogP) is 3.02. The van der Waals surface area contributed by atoms with Crippen molar-refractivity contribution < 1.29 is 8.42 Å². The van der Waals surface area contributed by atoms with E-state index in [-0.39, 0.29) is 6.04 Å². The Morgan fingerprint density at radius 3 is 2.71 bits per heavy atom. The number of nitrogens with one attached hydrogen (secondary N) is 2. The van der Waals surface area contributed by atoms with Gasteiger partial charge >= 0.3 is 0 Å². The third-order valence-corrected chi connectivity index (χ3v) is 7.16. The van der Waals surface area contributed by atoms with Gasteiger partial charge in [0.15, 0.2) is 0 Å². The number of thiophene rings is 1. The zero-order valence-corrected chi connectivity index (χ0v) is 14.7. The Hall–Kier alpha value is -0.430. The van der Waals surface area contributed by atoms with E-state index in [1.54, 1.807) is 0 Å². The summed E-state index contributed by atoms with van der Waals surface area (Å²) in [5, 5.41) is 5.16. The molecule has 1 aliphatic rings. The standard InChI is InChI=1S/C15H26N2O2S2/c1-4-16-9-14-15(12(3)10-20-14)21(18,19)17-13-8-6-5-7-11(13)2/h10-11,13,16-17H,4-9H2,1-3H3. The lowest BCUT2D eigenvalue weighted by atomic mass is 9.87. The van der Waals surface area contributed by atoms with Crippen molar-refractivity contribution in [2.45, 2.75) is 63.9 Å². The minimum atomic E-state index is -3.42. The fourth-order valence-corrected chi connectivity index (χ4v) is 6.12. The topological polar surface area (TPSA) is 58.2 Å². The number of sulfonamides is 1. The van der Waals surface area contributed by atoms with E-state index in [9.17, 15) is 8.42 Å². The van der Waals surface area contributed by atoms with Gasteiger partial charge < -0.3 is 5.32 Å². The Morgan fingerprint density at radius 1 is 1.33 bits per heavy atom. The van der Waals surface area contributed by atoms with E-state index < -0.39 is 10.0 Å². The van der Waals surface area contributed by atoms with Crippen molar-refractivity contribution in [2.75, 3.05) is 6.54 Å². The van der Waals surface area contributed by atoms with Crippen molar-refractivity contribution in [3.05, 3.63) is 15.8 Å². The molecule has 6 heteroatoms. The van der Waals surface area contributed by atoms with Gasteiger partial charge in [-0.2, -0.15) is 0 Å². The van der Waals surface area contributed by atoms with Crippen LogP contribution < -0.4 is 10.0 Å². The van der Waals surface area contributed by atoms with E-state index in [1.165, 1.54) is 17.8 Å². The maximum atomic E-state index is 12.8. The summed E-state index contributed by atoms with van der Waals surface area (Å²) in [4.78, 5) is 1.40. The number of rotatable bonds is 6. The Labute approximate surface area is 132 Å². The molecule has 2 atom stereocenters. The molecule has 1 heterocycles. The Kier molecular flexibility index (Phi) is 5.82. The van der Waals surface area contributed by atoms with Crippen molar-refractivity contribution in [1.29, 1.82) is 0 Å². The van der Waals surface area contributed by atoms with Crippen LogP contribution in [0, 0.1) is 12.8 Å². The molecule has 1 saturated carbocycles. The van der Waals surface area contributed by atoms with Crippen molar-refractivity contribution in [1.82, 2.24) is 10.0 Å². The molecule has 1 fully saturated rings. The smallest absolute Gasteiger partial charge is 0.242 e. The summed E-state index contributed by atoms with van der Waals surface area (Å²) >= 11 is 1.52. The molecule has 2 rings (SSSR count). The molecular weight excluding hydrogens is 304 g/mol. The van der Waals surface area contributed by atoms with Crippen LogP contribution in [-0.2, 0) is 16.6 Å². The lowest BCUT2D eigenvalue weighted by Gasteiger charge is -2.29.